The van der Waals surface area contributed by atoms with E-state index in [9.17, 15) is 52.8 Å². The molecule has 12 heterocycles. The van der Waals surface area contributed by atoms with Gasteiger partial charge in [0.25, 0.3) is 22.2 Å². The Morgan fingerprint density at radius 2 is 0.646 bits per heavy atom. The van der Waals surface area contributed by atoms with E-state index in [0.29, 0.717) is 44.9 Å². The van der Waals surface area contributed by atoms with E-state index in [2.05, 4.69) is 65.0 Å². The third-order valence-corrected chi connectivity index (χ3v) is 28.0. The summed E-state index contributed by atoms with van der Waals surface area (Å²) in [4.78, 5) is 82.3. The van der Waals surface area contributed by atoms with Crippen LogP contribution in [0.4, 0.5) is 0 Å². The predicted molar refractivity (Wildman–Crippen MR) is 559 cm³/mol. The first-order valence-corrected chi connectivity index (χ1v) is 51.4. The van der Waals surface area contributed by atoms with Crippen LogP contribution in [0.5, 0.6) is 23.0 Å². The van der Waals surface area contributed by atoms with Gasteiger partial charge in [0.1, 0.15) is 68.4 Å². The van der Waals surface area contributed by atoms with Gasteiger partial charge in [-0.25, -0.2) is 72.5 Å². The molecule has 12 aromatic rings. The number of sulfonamides is 4. The number of fused-ring (bicyclic) bond motifs is 4. The van der Waals surface area contributed by atoms with Gasteiger partial charge in [0.15, 0.2) is 22.1 Å². The van der Waals surface area contributed by atoms with Crippen molar-refractivity contribution in [2.45, 2.75) is 252 Å². The Balaban J connectivity index is 0.000000206. The summed E-state index contributed by atoms with van der Waals surface area (Å²) in [6, 6.07) is 8.69. The molecule has 16 rings (SSSR count). The van der Waals surface area contributed by atoms with Crippen molar-refractivity contribution >= 4 is 84.2 Å². The van der Waals surface area contributed by atoms with Crippen molar-refractivity contribution in [2.75, 3.05) is 107 Å². The number of aromatic amines is 4. The number of hydrogen-bond donors (Lipinski definition) is 8. The minimum atomic E-state index is -4.88. The fraction of sp³-hybridized carbons (Fsp3) is 0.560. The van der Waals surface area contributed by atoms with Gasteiger partial charge in [-0.1, -0.05) is 80.6 Å². The number of likely N-dealkylation sites (tertiary alicyclic amines) is 4. The first-order chi connectivity index (χ1) is 87.5. The molecular formula is C100H144N24O16S4. The highest BCUT2D eigenvalue weighted by molar-refractivity contribution is 7.90. The molecule has 44 heteroatoms. The molecule has 4 aromatic carbocycles. The monoisotopic (exact) mass is 2110 g/mol. The van der Waals surface area contributed by atoms with Gasteiger partial charge in [0.05, 0.1) is 91.0 Å². The number of benzene rings is 4. The Kier molecular flexibility index (Phi) is 21.5. The topological polar surface area (TPSA) is 489 Å². The van der Waals surface area contributed by atoms with Crippen LogP contribution in [0.2, 0.25) is 0 Å². The van der Waals surface area contributed by atoms with Gasteiger partial charge in [-0.05, 0) is 255 Å². The van der Waals surface area contributed by atoms with Crippen molar-refractivity contribution in [2.24, 2.45) is 28.2 Å². The summed E-state index contributed by atoms with van der Waals surface area (Å²) >= 11 is 0. The Morgan fingerprint density at radius 1 is 0.368 bits per heavy atom. The number of H-pyrrole nitrogens is 4. The molecule has 0 amide bonds. The fourth-order valence-electron chi connectivity index (χ4n) is 15.8. The molecule has 0 aliphatic carbocycles. The molecule has 0 radical (unpaired) electrons. The summed E-state index contributed by atoms with van der Waals surface area (Å²) in [5.41, 5.74) is -7.50. The molecule has 784 valence electrons. The molecule has 6 unspecified atom stereocenters. The van der Waals surface area contributed by atoms with Gasteiger partial charge in [0.2, 0.25) is 40.1 Å². The molecule has 6 atom stereocenters. The average molecular weight is 2110 g/mol. The summed E-state index contributed by atoms with van der Waals surface area (Å²) in [6.45, 7) is -23.7. The zero-order valence-electron chi connectivity index (χ0n) is 127. The van der Waals surface area contributed by atoms with E-state index >= 15 is 0 Å². The molecule has 4 aliphatic heterocycles. The lowest BCUT2D eigenvalue weighted by Crippen LogP contribution is -2.31. The number of nitrogens with zero attached hydrogens (tertiary/aromatic N) is 16. The van der Waals surface area contributed by atoms with Gasteiger partial charge >= 0.3 is 0 Å². The van der Waals surface area contributed by atoms with Crippen molar-refractivity contribution in [1.29, 1.82) is 0 Å². The standard InChI is InChI=1S/4C25H36N6O4S/c4*1-5-8-20-22-23(31(4)29-20)25(32)28-24(27-22)19-16-18(10-11-21(19)35-15-6-2)36(33,34)26-13-12-17-9-7-14-30(17)3/h4*10-11,16-17,26H,5-9,12-15H2,1-4H3,(H,27,28,32)/i1D3,3D3,5D2,8D2,12D2,13D;1D3,3D3,5D2,12D2,13D2;1D3,3D3,5D2,12D2,13D;1D3,3D3,5D2,8D2,12D2. The smallest absolute Gasteiger partial charge is 0.277 e. The first kappa shape index (κ1) is 62.2. The van der Waals surface area contributed by atoms with Crippen LogP contribution >= 0.6 is 0 Å². The number of rotatable bonds is 44. The Morgan fingerprint density at radius 3 is 0.944 bits per heavy atom. The zero-order chi connectivity index (χ0) is 145. The highest BCUT2D eigenvalue weighted by atomic mass is 32.2. The number of nitrogens with one attached hydrogen (secondary N) is 8. The van der Waals surface area contributed by atoms with Crippen molar-refractivity contribution in [3.8, 4) is 68.5 Å². The average Bonchev–Trinajstić information content (AvgIpc) is 1.63. The maximum atomic E-state index is 13.6. The van der Waals surface area contributed by atoms with Crippen LogP contribution in [0.15, 0.2) is 112 Å². The van der Waals surface area contributed by atoms with E-state index in [1.165, 1.54) is 58.5 Å². The summed E-state index contributed by atoms with van der Waals surface area (Å²) in [5, 5.41) is 16.1. The summed E-state index contributed by atoms with van der Waals surface area (Å²) in [5.74, 6) is -0.941. The number of ether oxygens (including phenoxy) is 4. The van der Waals surface area contributed by atoms with Crippen LogP contribution in [-0.2, 0) is 93.9 Å². The lowest BCUT2D eigenvalue weighted by Gasteiger charge is -2.19. The van der Waals surface area contributed by atoms with Crippen molar-refractivity contribution in [3.05, 3.63) is 137 Å². The quantitative estimate of drug-likeness (QED) is 0.0176. The summed E-state index contributed by atoms with van der Waals surface area (Å²) in [7, 11) is -13.4. The summed E-state index contributed by atoms with van der Waals surface area (Å²) < 4.78 is 527. The van der Waals surface area contributed by atoms with E-state index in [1.807, 2.05) is 30.2 Å². The maximum Gasteiger partial charge on any atom is 0.277 e. The molecule has 40 nitrogen and oxygen atoms in total. The van der Waals surface area contributed by atoms with Crippen molar-refractivity contribution in [1.82, 2.24) is 117 Å². The molecular weight excluding hydrogens is 1920 g/mol. The van der Waals surface area contributed by atoms with Gasteiger partial charge in [-0.3, -0.25) is 37.9 Å². The van der Waals surface area contributed by atoms with Gasteiger partial charge in [-0.15, -0.1) is 0 Å². The second-order valence-corrected chi connectivity index (χ2v) is 39.8. The minimum absolute atomic E-state index is 0.00611. The number of hydrogen-bond acceptors (Lipinski definition) is 28. The largest absolute Gasteiger partial charge is 0.493 e. The highest BCUT2D eigenvalue weighted by Gasteiger charge is 2.32. The van der Waals surface area contributed by atoms with E-state index in [4.69, 9.17) is 84.7 Å². The van der Waals surface area contributed by atoms with Crippen LogP contribution in [0.25, 0.3) is 89.7 Å². The molecule has 144 heavy (non-hydrogen) atoms. The second kappa shape index (κ2) is 49.9. The Hall–Kier alpha value is -11.0. The molecule has 4 aliphatic rings. The number of aryl methyl sites for hydroxylation is 8. The highest BCUT2D eigenvalue weighted by Crippen LogP contribution is 2.38. The molecule has 8 aromatic heterocycles. The molecule has 0 spiro atoms. The van der Waals surface area contributed by atoms with Crippen LogP contribution in [0.1, 0.15) is 272 Å². The zero-order valence-corrected chi connectivity index (χ0v) is 82.7. The van der Waals surface area contributed by atoms with E-state index in [1.54, 1.807) is 11.6 Å². The molecule has 0 saturated carbocycles. The normalized spacial score (nSPS) is 23.9. The van der Waals surface area contributed by atoms with E-state index in [-0.39, 0.29) is 198 Å². The SMILES string of the molecule is [2H]C(NS(=O)(=O)c1ccc(OCCC)c(-c2nc3c(C([2H])([2H])C([2H])([2H])C([2H])([2H])[2H])nn(C)c3c(=O)[nH]2)c1)C([2H])([2H])C1CCCN1C([2H])([2H])[2H].[2H]C(NS(=O)(=O)c1ccc(OCCC)c(-c2nc3c(CC([2H])([2H])C([2H])([2H])[2H])nn(C)c3c(=O)[nH]2)c1)C([2H])([2H])C1CCCN1C([2H])([2H])[2H].[2H]C([2H])(CNS(=O)(=O)c1ccc(OCCC)c(-c2nc3c(C([2H])([2H])C([2H])([2H])C([2H])([2H])[2H])nn(C)c3c(=O)[nH]2)c1)C1CCCN1C([2H])([2H])[2H].[2H]C([2H])([2H])N1CCCC1C([2H])([2H])C([2H])([2H])NS(=O)(=O)c1ccc(OCCC)c(-c2nc3c(CC([2H])([2H])C([2H])([2H])[2H])nn(C)c3c(=O)[nH]2)c1. The van der Waals surface area contributed by atoms with Crippen molar-refractivity contribution < 1.29 is 118 Å². The predicted octanol–water partition coefficient (Wildman–Crippen LogP) is 11.3. The molecule has 4 saturated heterocycles. The van der Waals surface area contributed by atoms with Crippen LogP contribution in [0.3, 0.4) is 0 Å². The van der Waals surface area contributed by atoms with Crippen LogP contribution in [-0.4, -0.2) is 263 Å². The fourth-order valence-corrected chi connectivity index (χ4v) is 19.3. The second-order valence-electron chi connectivity index (χ2n) is 32.9. The van der Waals surface area contributed by atoms with E-state index in [0.717, 1.165) is 80.8 Å². The van der Waals surface area contributed by atoms with Gasteiger partial charge in [0, 0.05) is 144 Å². The third kappa shape index (κ3) is 26.5. The third-order valence-electron chi connectivity index (χ3n) is 22.7. The van der Waals surface area contributed by atoms with Gasteiger partial charge in [-0.2, -0.15) is 20.4 Å². The Labute approximate surface area is 910 Å². The minimum Gasteiger partial charge on any atom is -0.493 e. The Bertz CT molecular complexity index is 9460. The van der Waals surface area contributed by atoms with Gasteiger partial charge < -0.3 is 58.5 Å². The maximum absolute atomic E-state index is 13.6. The van der Waals surface area contributed by atoms with E-state index < -0.39 is 286 Å². The van der Waals surface area contributed by atoms with Crippen LogP contribution < -0.4 is 60.1 Å². The molecule has 0 bridgehead atoms. The molecule has 8 N–H and O–H groups in total. The lowest BCUT2D eigenvalue weighted by molar-refractivity contribution is 0.297. The lowest BCUT2D eigenvalue weighted by atomic mass is 10.1. The van der Waals surface area contributed by atoms with Crippen molar-refractivity contribution in [3.63, 3.8) is 0 Å². The number of aromatic nitrogens is 16. The van der Waals surface area contributed by atoms with Crippen LogP contribution in [0, 0.1) is 0 Å². The molecule has 4 fully saturated rings. The summed E-state index contributed by atoms with van der Waals surface area (Å²) in [6.07, 6.45) is -27.0. The first-order valence-electron chi connectivity index (χ1n) is 69.6.